The maximum atomic E-state index is 14.3. The van der Waals surface area contributed by atoms with Crippen LogP contribution in [0.5, 0.6) is 0 Å². The minimum absolute atomic E-state index is 0.0370. The molecule has 0 spiro atoms. The number of nitrogens with two attached hydrogens (primary N) is 1. The lowest BCUT2D eigenvalue weighted by atomic mass is 10.0. The van der Waals surface area contributed by atoms with Crippen molar-refractivity contribution in [1.82, 2.24) is 39.7 Å². The van der Waals surface area contributed by atoms with Gasteiger partial charge < -0.3 is 40.7 Å². The summed E-state index contributed by atoms with van der Waals surface area (Å²) < 4.78 is 38.2. The lowest BCUT2D eigenvalue weighted by Crippen LogP contribution is -2.51. The lowest BCUT2D eigenvalue weighted by molar-refractivity contribution is 0.0124. The number of carbonyl (C=O) groups is 4. The van der Waals surface area contributed by atoms with E-state index in [1.807, 2.05) is 0 Å². The van der Waals surface area contributed by atoms with Crippen molar-refractivity contribution in [3.05, 3.63) is 46.2 Å². The highest BCUT2D eigenvalue weighted by atomic mass is 35.5. The fourth-order valence-corrected chi connectivity index (χ4v) is 6.37. The number of likely N-dealkylation sites (tertiary alicyclic amines) is 2. The first kappa shape index (κ1) is 40.7. The Hall–Kier alpha value is -5.50. The van der Waals surface area contributed by atoms with Crippen molar-refractivity contribution < 1.29 is 42.5 Å². The Morgan fingerprint density at radius 3 is 1.75 bits per heavy atom. The van der Waals surface area contributed by atoms with Crippen molar-refractivity contribution in [2.24, 2.45) is 5.73 Å². The van der Waals surface area contributed by atoms with Crippen molar-refractivity contribution in [1.29, 1.82) is 0 Å². The number of piperidine rings is 2. The van der Waals surface area contributed by atoms with E-state index < -0.39 is 54.1 Å². The van der Waals surface area contributed by atoms with E-state index in [1.165, 1.54) is 36.8 Å². The van der Waals surface area contributed by atoms with Crippen molar-refractivity contribution >= 4 is 81.0 Å². The van der Waals surface area contributed by atoms with E-state index in [0.717, 1.165) is 4.90 Å². The van der Waals surface area contributed by atoms with E-state index >= 15 is 0 Å². The predicted molar refractivity (Wildman–Crippen MR) is 196 cm³/mol. The zero-order valence-electron chi connectivity index (χ0n) is 29.9. The second-order valence-electron chi connectivity index (χ2n) is 13.6. The molecule has 0 bridgehead atoms. The predicted octanol–water partition coefficient (Wildman–Crippen LogP) is 4.50. The van der Waals surface area contributed by atoms with E-state index in [2.05, 4.69) is 40.5 Å². The van der Waals surface area contributed by atoms with Crippen LogP contribution in [-0.4, -0.2) is 132 Å². The third kappa shape index (κ3) is 10.2. The molecule has 2 saturated heterocycles. The van der Waals surface area contributed by atoms with Gasteiger partial charge in [-0.15, -0.1) is 0 Å². The number of aromatic nitrogens is 6. The van der Waals surface area contributed by atoms with Crippen LogP contribution in [0.1, 0.15) is 54.3 Å². The number of halogens is 4. The number of hydrogen-bond donors (Lipinski definition) is 4. The molecule has 2 aliphatic rings. The van der Waals surface area contributed by atoms with Gasteiger partial charge in [-0.3, -0.25) is 4.79 Å². The molecule has 6 rings (SSSR count). The molecule has 6 heterocycles. The Bertz CT molecular complexity index is 2110. The molecule has 22 heteroatoms. The topological polar surface area (TPSA) is 241 Å². The summed E-state index contributed by atoms with van der Waals surface area (Å²) in [6.07, 6.45) is -1.58. The molecule has 4 aromatic heterocycles. The molecule has 55 heavy (non-hydrogen) atoms. The summed E-state index contributed by atoms with van der Waals surface area (Å²) >= 11 is 12.0. The number of amides is 3. The minimum atomic E-state index is -1.30. The van der Waals surface area contributed by atoms with Gasteiger partial charge in [-0.05, 0) is 32.9 Å². The fourth-order valence-electron chi connectivity index (χ4n) is 5.98. The summed E-state index contributed by atoms with van der Waals surface area (Å²) in [5, 5.41) is 15.2. The summed E-state index contributed by atoms with van der Waals surface area (Å²) in [6.45, 7) is 5.32. The van der Waals surface area contributed by atoms with E-state index in [-0.39, 0.29) is 94.2 Å². The first-order valence-electron chi connectivity index (χ1n) is 16.7. The van der Waals surface area contributed by atoms with Gasteiger partial charge in [-0.25, -0.2) is 53.1 Å². The van der Waals surface area contributed by atoms with Gasteiger partial charge in [0.05, 0.1) is 31.3 Å². The molecule has 18 nitrogen and oxygen atoms in total. The monoisotopic (exact) mass is 807 g/mol. The van der Waals surface area contributed by atoms with Gasteiger partial charge >= 0.3 is 18.2 Å². The first-order valence-corrected chi connectivity index (χ1v) is 17.5. The van der Waals surface area contributed by atoms with Gasteiger partial charge in [0, 0.05) is 38.0 Å². The summed E-state index contributed by atoms with van der Waals surface area (Å²) in [7, 11) is 1.23. The average molecular weight is 809 g/mol. The van der Waals surface area contributed by atoms with E-state index in [1.54, 1.807) is 20.8 Å². The molecule has 0 aromatic carbocycles. The van der Waals surface area contributed by atoms with Crippen molar-refractivity contribution in [3.8, 4) is 0 Å². The van der Waals surface area contributed by atoms with Crippen LogP contribution in [0.4, 0.5) is 30.0 Å². The highest BCUT2D eigenvalue weighted by Gasteiger charge is 2.34. The smallest absolute Gasteiger partial charge is 0.410 e. The summed E-state index contributed by atoms with van der Waals surface area (Å²) in [6, 6.07) is 1.68. The average Bonchev–Trinajstić information content (AvgIpc) is 3.10. The van der Waals surface area contributed by atoms with Crippen LogP contribution >= 0.6 is 23.2 Å². The maximum Gasteiger partial charge on any atom is 0.410 e. The molecular weight excluding hydrogens is 771 g/mol. The third-order valence-electron chi connectivity index (χ3n) is 8.19. The Balaban J connectivity index is 0.000000212. The number of carbonyl (C=O) groups excluding carboxylic acids is 3. The van der Waals surface area contributed by atoms with Crippen LogP contribution in [0.2, 0.25) is 10.3 Å². The van der Waals surface area contributed by atoms with Crippen molar-refractivity contribution in [2.45, 2.75) is 63.6 Å². The highest BCUT2D eigenvalue weighted by molar-refractivity contribution is 6.31. The number of alkyl halides is 2. The number of ether oxygens (including phenoxy) is 2. The molecule has 2 aliphatic heterocycles. The highest BCUT2D eigenvalue weighted by Crippen LogP contribution is 2.28. The molecule has 294 valence electrons. The molecule has 4 unspecified atom stereocenters. The van der Waals surface area contributed by atoms with Crippen LogP contribution in [-0.2, 0) is 9.47 Å². The van der Waals surface area contributed by atoms with Gasteiger partial charge in [0.15, 0.2) is 11.6 Å². The Morgan fingerprint density at radius 2 is 1.27 bits per heavy atom. The number of nitrogens with one attached hydrogen (secondary N) is 2. The normalized spacial score (nSPS) is 19.9. The van der Waals surface area contributed by atoms with Crippen molar-refractivity contribution in [2.75, 3.05) is 43.9 Å². The number of fused-ring (bicyclic) bond motifs is 2. The molecule has 2 fully saturated rings. The van der Waals surface area contributed by atoms with E-state index in [9.17, 15) is 28.0 Å². The Kier molecular flexibility index (Phi) is 12.5. The minimum Gasteiger partial charge on any atom is -0.465 e. The van der Waals surface area contributed by atoms with E-state index in [0.29, 0.717) is 0 Å². The number of esters is 1. The maximum absolute atomic E-state index is 14.3. The molecule has 0 saturated carbocycles. The van der Waals surface area contributed by atoms with Crippen LogP contribution in [0, 0.1) is 0 Å². The standard InChI is InChI=1S/C18H22ClFN6O3.C15H15ClFN5O4/c1-18(2,3)29-17(28)26-6-9(20)4-10(7-26)24-16-14-13(22-8-23-16)11(15(21)27)5-12(19)25-14;1-26-14(23)9-3-10(16)21-12-11(9)18-6-19-13(12)20-8-2-7(17)4-22(5-8)15(24)25/h5,8-10H,4,6-7H2,1-3H3,(H2,21,27)(H,22,23,24);3,6-8H,2,4-5H2,1H3,(H,24,25)(H,18,19,20). The largest absolute Gasteiger partial charge is 0.465 e. The molecule has 0 radical (unpaired) electrons. The zero-order valence-corrected chi connectivity index (χ0v) is 31.4. The van der Waals surface area contributed by atoms with Crippen LogP contribution in [0.15, 0.2) is 24.8 Å². The van der Waals surface area contributed by atoms with Gasteiger partial charge in [0.25, 0.3) is 5.91 Å². The first-order chi connectivity index (χ1) is 25.9. The SMILES string of the molecule is CC(C)(C)OC(=O)N1CC(F)CC(Nc2ncnc3c(C(N)=O)cc(Cl)nc23)C1.COC(=O)c1cc(Cl)nc2c(NC3CC(F)CN(C(=O)O)C3)ncnc12. The molecule has 4 aromatic rings. The molecule has 3 amide bonds. The third-order valence-corrected chi connectivity index (χ3v) is 8.58. The Morgan fingerprint density at radius 1 is 0.800 bits per heavy atom. The quantitative estimate of drug-likeness (QED) is 0.155. The second-order valence-corrected chi connectivity index (χ2v) is 14.4. The Labute approximate surface area is 322 Å². The number of hydrogen-bond acceptors (Lipinski definition) is 14. The van der Waals surface area contributed by atoms with Crippen LogP contribution < -0.4 is 16.4 Å². The van der Waals surface area contributed by atoms with Crippen LogP contribution in [0.25, 0.3) is 22.1 Å². The number of nitrogens with zero attached hydrogens (tertiary/aromatic N) is 8. The van der Waals surface area contributed by atoms with E-state index in [4.69, 9.17) is 43.5 Å². The van der Waals surface area contributed by atoms with Crippen LogP contribution in [0.3, 0.4) is 0 Å². The number of anilines is 2. The second kappa shape index (κ2) is 16.9. The summed E-state index contributed by atoms with van der Waals surface area (Å²) in [5.41, 5.74) is 5.83. The summed E-state index contributed by atoms with van der Waals surface area (Å²) in [5.74, 6) is -0.848. The van der Waals surface area contributed by atoms with Gasteiger partial charge in [0.2, 0.25) is 0 Å². The molecular formula is C33H37Cl2F2N11O7. The fraction of sp³-hybridized carbons (Fsp3) is 0.455. The number of rotatable bonds is 6. The van der Waals surface area contributed by atoms with Gasteiger partial charge in [-0.1, -0.05) is 23.2 Å². The molecule has 5 N–H and O–H groups in total. The van der Waals surface area contributed by atoms with Gasteiger partial charge in [0.1, 0.15) is 63.0 Å². The number of methoxy groups -OCH3 is 1. The number of pyridine rings is 2. The lowest BCUT2D eigenvalue weighted by Gasteiger charge is -2.36. The van der Waals surface area contributed by atoms with Crippen molar-refractivity contribution in [3.63, 3.8) is 0 Å². The molecule has 4 atom stereocenters. The number of primary amides is 1. The van der Waals surface area contributed by atoms with Gasteiger partial charge in [-0.2, -0.15) is 0 Å². The summed E-state index contributed by atoms with van der Waals surface area (Å²) in [4.78, 5) is 74.1. The zero-order chi connectivity index (χ0) is 40.2. The molecule has 0 aliphatic carbocycles. The number of carboxylic acid groups (broad SMARTS) is 1.